The van der Waals surface area contributed by atoms with Crippen molar-refractivity contribution in [2.75, 3.05) is 0 Å². The van der Waals surface area contributed by atoms with Crippen molar-refractivity contribution < 1.29 is 9.90 Å². The topological polar surface area (TPSA) is 55.1 Å². The van der Waals surface area contributed by atoms with Gasteiger partial charge in [-0.3, -0.25) is 4.68 Å². The number of aromatic nitrogens is 2. The van der Waals surface area contributed by atoms with Crippen LogP contribution in [-0.2, 0) is 7.05 Å². The third-order valence-corrected chi connectivity index (χ3v) is 3.69. The molecule has 0 bridgehead atoms. The van der Waals surface area contributed by atoms with Gasteiger partial charge < -0.3 is 5.11 Å². The molecular weight excluding hydrogens is 248 g/mol. The lowest BCUT2D eigenvalue weighted by molar-refractivity contribution is 0.0693. The minimum absolute atomic E-state index is 0.324. The fourth-order valence-electron chi connectivity index (χ4n) is 1.69. The summed E-state index contributed by atoms with van der Waals surface area (Å²) in [5.41, 5.74) is 2.29. The van der Waals surface area contributed by atoms with E-state index >= 15 is 0 Å². The summed E-state index contributed by atoms with van der Waals surface area (Å²) in [6.45, 7) is 3.86. The quantitative estimate of drug-likeness (QED) is 0.924. The van der Waals surface area contributed by atoms with Crippen LogP contribution >= 0.6 is 11.8 Å². The van der Waals surface area contributed by atoms with Gasteiger partial charge in [0.05, 0.1) is 16.3 Å². The summed E-state index contributed by atoms with van der Waals surface area (Å²) < 4.78 is 1.76. The molecule has 0 aliphatic rings. The lowest BCUT2D eigenvalue weighted by Crippen LogP contribution is -2.00. The summed E-state index contributed by atoms with van der Waals surface area (Å²) in [5.74, 6) is -0.906. The molecule has 0 atom stereocenters. The largest absolute Gasteiger partial charge is 0.478 e. The number of aryl methyl sites for hydroxylation is 3. The van der Waals surface area contributed by atoms with Gasteiger partial charge >= 0.3 is 5.97 Å². The van der Waals surface area contributed by atoms with E-state index in [4.69, 9.17) is 0 Å². The molecule has 1 heterocycles. The lowest BCUT2D eigenvalue weighted by Gasteiger charge is -2.07. The summed E-state index contributed by atoms with van der Waals surface area (Å²) in [5, 5.41) is 14.4. The molecule has 0 aliphatic heterocycles. The first-order valence-corrected chi connectivity index (χ1v) is 6.31. The number of nitrogens with zero attached hydrogens (tertiary/aromatic N) is 2. The summed E-state index contributed by atoms with van der Waals surface area (Å²) in [6, 6.07) is 7.28. The molecule has 1 aromatic heterocycles. The molecular formula is C13H14N2O2S. The fourth-order valence-corrected chi connectivity index (χ4v) is 2.82. The highest BCUT2D eigenvalue weighted by atomic mass is 32.2. The average Bonchev–Trinajstić information content (AvgIpc) is 2.57. The fraction of sp³-hybridized carbons (Fsp3) is 0.231. The van der Waals surface area contributed by atoms with Crippen molar-refractivity contribution >= 4 is 17.7 Å². The van der Waals surface area contributed by atoms with E-state index in [9.17, 15) is 9.90 Å². The third-order valence-electron chi connectivity index (χ3n) is 2.54. The second-order valence-corrected chi connectivity index (χ2v) is 5.22. The van der Waals surface area contributed by atoms with E-state index in [1.165, 1.54) is 11.8 Å². The first-order valence-electron chi connectivity index (χ1n) is 5.50. The van der Waals surface area contributed by atoms with Crippen molar-refractivity contribution in [1.29, 1.82) is 0 Å². The van der Waals surface area contributed by atoms with Crippen molar-refractivity contribution in [2.24, 2.45) is 7.05 Å². The van der Waals surface area contributed by atoms with E-state index < -0.39 is 5.97 Å². The summed E-state index contributed by atoms with van der Waals surface area (Å²) in [6.07, 6.45) is 0. The molecule has 0 amide bonds. The van der Waals surface area contributed by atoms with Crippen LogP contribution in [0.25, 0.3) is 0 Å². The normalized spacial score (nSPS) is 10.6. The Labute approximate surface area is 110 Å². The average molecular weight is 262 g/mol. The molecule has 1 N–H and O–H groups in total. The molecule has 0 saturated carbocycles. The van der Waals surface area contributed by atoms with Crippen molar-refractivity contribution in [2.45, 2.75) is 23.8 Å². The second kappa shape index (κ2) is 4.86. The van der Waals surface area contributed by atoms with Crippen LogP contribution < -0.4 is 0 Å². The zero-order chi connectivity index (χ0) is 13.3. The van der Waals surface area contributed by atoms with Crippen LogP contribution in [0.15, 0.2) is 34.2 Å². The molecule has 0 aliphatic carbocycles. The molecule has 18 heavy (non-hydrogen) atoms. The van der Waals surface area contributed by atoms with Gasteiger partial charge in [0.1, 0.15) is 0 Å². The summed E-state index contributed by atoms with van der Waals surface area (Å²) >= 11 is 1.42. The van der Waals surface area contributed by atoms with E-state index in [2.05, 4.69) is 5.10 Å². The molecule has 0 radical (unpaired) electrons. The van der Waals surface area contributed by atoms with Gasteiger partial charge in [0.15, 0.2) is 0 Å². The Balaban J connectivity index is 2.42. The van der Waals surface area contributed by atoms with Gasteiger partial charge in [-0.05, 0) is 37.6 Å². The number of carboxylic acid groups (broad SMARTS) is 1. The Bertz CT molecular complexity index is 605. The number of benzene rings is 1. The van der Waals surface area contributed by atoms with Crippen LogP contribution in [0.3, 0.4) is 0 Å². The van der Waals surface area contributed by atoms with Crippen molar-refractivity contribution in [3.63, 3.8) is 0 Å². The third kappa shape index (κ3) is 2.56. The number of rotatable bonds is 3. The highest BCUT2D eigenvalue weighted by Gasteiger charge is 2.13. The predicted molar refractivity (Wildman–Crippen MR) is 70.2 cm³/mol. The molecule has 0 spiro atoms. The predicted octanol–water partition coefficient (Wildman–Crippen LogP) is 2.89. The highest BCUT2D eigenvalue weighted by molar-refractivity contribution is 7.99. The maximum atomic E-state index is 11.2. The van der Waals surface area contributed by atoms with Gasteiger partial charge in [0.25, 0.3) is 0 Å². The SMILES string of the molecule is Cc1ccc(C(=O)O)c(Sc2cc(C)nn2C)c1. The van der Waals surface area contributed by atoms with Gasteiger partial charge in [-0.15, -0.1) is 0 Å². The molecule has 2 aromatic rings. The van der Waals surface area contributed by atoms with Gasteiger partial charge in [0.2, 0.25) is 0 Å². The maximum absolute atomic E-state index is 11.2. The van der Waals surface area contributed by atoms with Gasteiger partial charge in [-0.2, -0.15) is 5.10 Å². The molecule has 94 valence electrons. The zero-order valence-electron chi connectivity index (χ0n) is 10.5. The smallest absolute Gasteiger partial charge is 0.336 e. The van der Waals surface area contributed by atoms with E-state index in [-0.39, 0.29) is 0 Å². The van der Waals surface area contributed by atoms with Crippen LogP contribution in [0.5, 0.6) is 0 Å². The lowest BCUT2D eigenvalue weighted by atomic mass is 10.1. The first kappa shape index (κ1) is 12.7. The molecule has 2 rings (SSSR count). The zero-order valence-corrected chi connectivity index (χ0v) is 11.3. The minimum atomic E-state index is -0.906. The van der Waals surface area contributed by atoms with Crippen LogP contribution in [0.4, 0.5) is 0 Å². The maximum Gasteiger partial charge on any atom is 0.336 e. The Kier molecular flexibility index (Phi) is 3.43. The Morgan fingerprint density at radius 3 is 2.61 bits per heavy atom. The molecule has 0 saturated heterocycles. The van der Waals surface area contributed by atoms with Crippen LogP contribution in [0.1, 0.15) is 21.6 Å². The van der Waals surface area contributed by atoms with E-state index in [0.29, 0.717) is 5.56 Å². The van der Waals surface area contributed by atoms with Crippen molar-refractivity contribution in [3.8, 4) is 0 Å². The Morgan fingerprint density at radius 2 is 2.06 bits per heavy atom. The van der Waals surface area contributed by atoms with Crippen LogP contribution in [0.2, 0.25) is 0 Å². The number of carboxylic acids is 1. The molecule has 4 nitrogen and oxygen atoms in total. The standard InChI is InChI=1S/C13H14N2O2S/c1-8-4-5-10(13(16)17)11(6-8)18-12-7-9(2)14-15(12)3/h4-7H,1-3H3,(H,16,17). The Morgan fingerprint density at radius 1 is 1.33 bits per heavy atom. The highest BCUT2D eigenvalue weighted by Crippen LogP contribution is 2.31. The van der Waals surface area contributed by atoms with Gasteiger partial charge in [-0.1, -0.05) is 17.8 Å². The Hall–Kier alpha value is -1.75. The molecule has 0 fully saturated rings. The molecule has 0 unspecified atom stereocenters. The number of hydrogen-bond donors (Lipinski definition) is 1. The van der Waals surface area contributed by atoms with Crippen LogP contribution in [0, 0.1) is 13.8 Å². The van der Waals surface area contributed by atoms with Crippen molar-refractivity contribution in [3.05, 3.63) is 41.1 Å². The first-order chi connectivity index (χ1) is 8.47. The van der Waals surface area contributed by atoms with Crippen LogP contribution in [-0.4, -0.2) is 20.9 Å². The number of carbonyl (C=O) groups is 1. The van der Waals surface area contributed by atoms with E-state index in [0.717, 1.165) is 21.2 Å². The van der Waals surface area contributed by atoms with Gasteiger partial charge in [0, 0.05) is 11.9 Å². The molecule has 5 heteroatoms. The van der Waals surface area contributed by atoms with E-state index in [1.807, 2.05) is 39.1 Å². The minimum Gasteiger partial charge on any atom is -0.478 e. The molecule has 1 aromatic carbocycles. The monoisotopic (exact) mass is 262 g/mol. The summed E-state index contributed by atoms with van der Waals surface area (Å²) in [4.78, 5) is 11.9. The number of hydrogen-bond acceptors (Lipinski definition) is 3. The summed E-state index contributed by atoms with van der Waals surface area (Å²) in [7, 11) is 1.85. The number of aromatic carboxylic acids is 1. The second-order valence-electron chi connectivity index (χ2n) is 4.15. The van der Waals surface area contributed by atoms with E-state index in [1.54, 1.807) is 10.7 Å². The van der Waals surface area contributed by atoms with Gasteiger partial charge in [-0.25, -0.2) is 4.79 Å². The van der Waals surface area contributed by atoms with Crippen molar-refractivity contribution in [1.82, 2.24) is 9.78 Å².